The molecule has 1 heterocycles. The van der Waals surface area contributed by atoms with E-state index in [2.05, 4.69) is 30.1 Å². The number of fused-ring (bicyclic) bond motifs is 1. The van der Waals surface area contributed by atoms with Crippen LogP contribution < -0.4 is 9.47 Å². The van der Waals surface area contributed by atoms with Gasteiger partial charge in [0.25, 0.3) is 0 Å². The molecule has 0 bridgehead atoms. The highest BCUT2D eigenvalue weighted by Crippen LogP contribution is 2.45. The second kappa shape index (κ2) is 9.67. The summed E-state index contributed by atoms with van der Waals surface area (Å²) in [5.41, 5.74) is 2.71. The molecule has 6 nitrogen and oxygen atoms in total. The third kappa shape index (κ3) is 5.60. The first kappa shape index (κ1) is 25.9. The van der Waals surface area contributed by atoms with E-state index in [1.54, 1.807) is 18.2 Å². The SMILES string of the molecule is COC(=O)c1cc2nc(Cc3ccc(OC(F)(F)F)cc3)n(C3C[C@H](C)CC(C)(C)C3)c2cc1OC. The van der Waals surface area contributed by atoms with Crippen LogP contribution >= 0.6 is 0 Å². The fourth-order valence-corrected chi connectivity index (χ4v) is 5.63. The summed E-state index contributed by atoms with van der Waals surface area (Å²) in [7, 11) is 2.82. The van der Waals surface area contributed by atoms with Gasteiger partial charge < -0.3 is 18.8 Å². The van der Waals surface area contributed by atoms with E-state index in [1.165, 1.54) is 26.4 Å². The summed E-state index contributed by atoms with van der Waals surface area (Å²) in [6.07, 6.45) is -1.28. The number of esters is 1. The number of alkyl halides is 3. The van der Waals surface area contributed by atoms with Crippen LogP contribution in [0.15, 0.2) is 36.4 Å². The molecule has 1 aliphatic rings. The number of carbonyl (C=O) groups excluding carboxylic acids is 1. The minimum atomic E-state index is -4.74. The molecular weight excluding hydrogens is 473 g/mol. The summed E-state index contributed by atoms with van der Waals surface area (Å²) in [6, 6.07) is 9.50. The minimum absolute atomic E-state index is 0.142. The molecule has 2 aromatic carbocycles. The highest BCUT2D eigenvalue weighted by Gasteiger charge is 2.35. The minimum Gasteiger partial charge on any atom is -0.496 e. The number of imidazole rings is 1. The van der Waals surface area contributed by atoms with E-state index in [4.69, 9.17) is 14.5 Å². The van der Waals surface area contributed by atoms with Crippen LogP contribution in [-0.4, -0.2) is 36.1 Å². The standard InChI is InChI=1S/C27H31F3N2O4/c1-16-10-18(15-26(2,3)14-16)32-22-13-23(34-4)20(25(33)35-5)12-21(22)31-24(32)11-17-6-8-19(9-7-17)36-27(28,29)30/h6-9,12-13,16,18H,10-11,14-15H2,1-5H3/t16-,18?/m0/s1. The molecule has 4 rings (SSSR count). The Kier molecular flexibility index (Phi) is 6.94. The largest absolute Gasteiger partial charge is 0.573 e. The number of nitrogens with zero attached hydrogens (tertiary/aromatic N) is 2. The molecule has 1 aromatic heterocycles. The van der Waals surface area contributed by atoms with Crippen LogP contribution in [0, 0.1) is 11.3 Å². The average Bonchev–Trinajstić information content (AvgIpc) is 3.13. The zero-order valence-electron chi connectivity index (χ0n) is 21.1. The second-order valence-corrected chi connectivity index (χ2v) is 10.4. The van der Waals surface area contributed by atoms with Gasteiger partial charge in [-0.25, -0.2) is 9.78 Å². The Bertz CT molecular complexity index is 1250. The Morgan fingerprint density at radius 2 is 1.83 bits per heavy atom. The summed E-state index contributed by atoms with van der Waals surface area (Å²) in [5.74, 6) is 0.902. The predicted molar refractivity (Wildman–Crippen MR) is 129 cm³/mol. The van der Waals surface area contributed by atoms with Crippen molar-refractivity contribution in [2.45, 2.75) is 58.9 Å². The maximum absolute atomic E-state index is 12.6. The lowest BCUT2D eigenvalue weighted by molar-refractivity contribution is -0.274. The number of carbonyl (C=O) groups is 1. The van der Waals surface area contributed by atoms with Gasteiger partial charge in [-0.3, -0.25) is 0 Å². The molecule has 9 heteroatoms. The fourth-order valence-electron chi connectivity index (χ4n) is 5.63. The second-order valence-electron chi connectivity index (χ2n) is 10.4. The molecule has 36 heavy (non-hydrogen) atoms. The van der Waals surface area contributed by atoms with Gasteiger partial charge in [0.05, 0.1) is 25.3 Å². The van der Waals surface area contributed by atoms with Crippen LogP contribution in [0.3, 0.4) is 0 Å². The summed E-state index contributed by atoms with van der Waals surface area (Å²) in [5, 5.41) is 0. The van der Waals surface area contributed by atoms with Crippen molar-refractivity contribution in [3.05, 3.63) is 53.3 Å². The van der Waals surface area contributed by atoms with E-state index in [0.29, 0.717) is 23.6 Å². The van der Waals surface area contributed by atoms with Crippen molar-refractivity contribution in [2.75, 3.05) is 14.2 Å². The first-order chi connectivity index (χ1) is 16.9. The number of aromatic nitrogens is 2. The monoisotopic (exact) mass is 504 g/mol. The van der Waals surface area contributed by atoms with Gasteiger partial charge in [-0.2, -0.15) is 0 Å². The number of hydrogen-bond donors (Lipinski definition) is 0. The Balaban J connectivity index is 1.80. The van der Waals surface area contributed by atoms with E-state index < -0.39 is 12.3 Å². The van der Waals surface area contributed by atoms with E-state index in [1.807, 2.05) is 6.07 Å². The van der Waals surface area contributed by atoms with Crippen LogP contribution in [0.1, 0.15) is 67.8 Å². The maximum Gasteiger partial charge on any atom is 0.573 e. The molecule has 1 aliphatic carbocycles. The van der Waals surface area contributed by atoms with Gasteiger partial charge in [0.2, 0.25) is 0 Å². The van der Waals surface area contributed by atoms with Crippen LogP contribution in [0.5, 0.6) is 11.5 Å². The fraction of sp³-hybridized carbons (Fsp3) is 0.481. The average molecular weight is 505 g/mol. The van der Waals surface area contributed by atoms with Gasteiger partial charge in [0.15, 0.2) is 0 Å². The highest BCUT2D eigenvalue weighted by atomic mass is 19.4. The summed E-state index contributed by atoms with van der Waals surface area (Å²) < 4.78 is 54.3. The first-order valence-corrected chi connectivity index (χ1v) is 11.9. The Morgan fingerprint density at radius 1 is 1.14 bits per heavy atom. The Labute approximate surface area is 208 Å². The molecule has 3 aromatic rings. The van der Waals surface area contributed by atoms with Crippen molar-refractivity contribution in [2.24, 2.45) is 11.3 Å². The smallest absolute Gasteiger partial charge is 0.496 e. The van der Waals surface area contributed by atoms with Crippen LogP contribution in [0.4, 0.5) is 13.2 Å². The maximum atomic E-state index is 12.6. The van der Waals surface area contributed by atoms with E-state index in [0.717, 1.165) is 36.2 Å². The molecule has 0 radical (unpaired) electrons. The quantitative estimate of drug-likeness (QED) is 0.349. The first-order valence-electron chi connectivity index (χ1n) is 11.9. The van der Waals surface area contributed by atoms with Gasteiger partial charge >= 0.3 is 12.3 Å². The van der Waals surface area contributed by atoms with Crippen molar-refractivity contribution in [1.29, 1.82) is 0 Å². The number of halogens is 3. The normalized spacial score (nSPS) is 19.8. The number of rotatable bonds is 6. The zero-order valence-corrected chi connectivity index (χ0v) is 21.1. The number of ether oxygens (including phenoxy) is 3. The Hall–Kier alpha value is -3.23. The molecule has 0 aliphatic heterocycles. The van der Waals surface area contributed by atoms with Crippen LogP contribution in [-0.2, 0) is 11.2 Å². The van der Waals surface area contributed by atoms with Gasteiger partial charge in [-0.05, 0) is 54.4 Å². The lowest BCUT2D eigenvalue weighted by atomic mass is 9.70. The third-order valence-electron chi connectivity index (χ3n) is 6.74. The van der Waals surface area contributed by atoms with E-state index in [-0.39, 0.29) is 22.8 Å². The topological polar surface area (TPSA) is 62.6 Å². The lowest BCUT2D eigenvalue weighted by Gasteiger charge is -2.40. The van der Waals surface area contributed by atoms with E-state index >= 15 is 0 Å². The molecule has 0 amide bonds. The number of benzene rings is 2. The number of methoxy groups -OCH3 is 2. The van der Waals surface area contributed by atoms with Gasteiger partial charge in [-0.1, -0.05) is 32.9 Å². The van der Waals surface area contributed by atoms with Crippen LogP contribution in [0.2, 0.25) is 0 Å². The van der Waals surface area contributed by atoms with Crippen molar-refractivity contribution in [3.8, 4) is 11.5 Å². The zero-order chi connectivity index (χ0) is 26.3. The number of hydrogen-bond acceptors (Lipinski definition) is 5. The third-order valence-corrected chi connectivity index (χ3v) is 6.74. The summed E-state index contributed by atoms with van der Waals surface area (Å²) >= 11 is 0. The molecule has 2 atom stereocenters. The van der Waals surface area contributed by atoms with Gasteiger partial charge in [0.1, 0.15) is 22.9 Å². The molecule has 0 saturated heterocycles. The summed E-state index contributed by atoms with van der Waals surface area (Å²) in [4.78, 5) is 17.2. The van der Waals surface area contributed by atoms with E-state index in [9.17, 15) is 18.0 Å². The molecule has 1 fully saturated rings. The van der Waals surface area contributed by atoms with Gasteiger partial charge in [0, 0.05) is 18.5 Å². The van der Waals surface area contributed by atoms with Crippen molar-refractivity contribution >= 4 is 17.0 Å². The summed E-state index contributed by atoms with van der Waals surface area (Å²) in [6.45, 7) is 6.79. The van der Waals surface area contributed by atoms with Gasteiger partial charge in [-0.15, -0.1) is 13.2 Å². The predicted octanol–water partition coefficient (Wildman–Crippen LogP) is 6.71. The lowest BCUT2D eigenvalue weighted by Crippen LogP contribution is -2.30. The molecular formula is C27H31F3N2O4. The molecule has 1 unspecified atom stereocenters. The van der Waals surface area contributed by atoms with Crippen LogP contribution in [0.25, 0.3) is 11.0 Å². The highest BCUT2D eigenvalue weighted by molar-refractivity contribution is 5.97. The molecule has 0 N–H and O–H groups in total. The molecule has 1 saturated carbocycles. The van der Waals surface area contributed by atoms with Crippen molar-refractivity contribution < 1.29 is 32.2 Å². The molecule has 194 valence electrons. The molecule has 0 spiro atoms. The van der Waals surface area contributed by atoms with Crippen molar-refractivity contribution in [3.63, 3.8) is 0 Å². The van der Waals surface area contributed by atoms with Crippen molar-refractivity contribution in [1.82, 2.24) is 9.55 Å². The Morgan fingerprint density at radius 3 is 2.42 bits per heavy atom.